The van der Waals surface area contributed by atoms with Crippen LogP contribution in [-0.4, -0.2) is 5.11 Å². The van der Waals surface area contributed by atoms with Gasteiger partial charge in [-0.3, -0.25) is 0 Å². The van der Waals surface area contributed by atoms with Gasteiger partial charge in [0, 0.05) is 4.47 Å². The molecule has 0 amide bonds. The van der Waals surface area contributed by atoms with E-state index in [1.165, 1.54) is 12.1 Å². The van der Waals surface area contributed by atoms with Crippen molar-refractivity contribution in [1.29, 1.82) is 0 Å². The van der Waals surface area contributed by atoms with E-state index in [1.54, 1.807) is 24.3 Å². The maximum absolute atomic E-state index is 13.2. The molecule has 0 fully saturated rings. The summed E-state index contributed by atoms with van der Waals surface area (Å²) < 4.78 is 20.3. The normalized spacial score (nSPS) is 10.5. The summed E-state index contributed by atoms with van der Waals surface area (Å²) in [5.41, 5.74) is 1.54. The van der Waals surface area contributed by atoms with Crippen LogP contribution in [0.1, 0.15) is 11.1 Å². The molecule has 0 saturated heterocycles. The highest BCUT2D eigenvalue weighted by atomic mass is 79.9. The number of aliphatic hydroxyl groups is 1. The summed E-state index contributed by atoms with van der Waals surface area (Å²) in [5, 5.41) is 9.01. The topological polar surface area (TPSA) is 29.5 Å². The first kappa shape index (κ1) is 14.5. The molecule has 0 aromatic heterocycles. The van der Waals surface area contributed by atoms with Crippen molar-refractivity contribution < 1.29 is 14.2 Å². The van der Waals surface area contributed by atoms with Crippen LogP contribution in [0.4, 0.5) is 4.39 Å². The first-order valence-corrected chi connectivity index (χ1v) is 7.14. The highest BCUT2D eigenvalue weighted by molar-refractivity contribution is 9.10. The van der Waals surface area contributed by atoms with Gasteiger partial charge in [-0.25, -0.2) is 4.39 Å². The molecule has 0 aliphatic heterocycles. The molecule has 0 radical (unpaired) electrons. The zero-order valence-corrected chi connectivity index (χ0v) is 13.0. The molecule has 5 heteroatoms. The Labute approximate surface area is 127 Å². The Morgan fingerprint density at radius 2 is 1.84 bits per heavy atom. The molecule has 19 heavy (non-hydrogen) atoms. The third kappa shape index (κ3) is 4.03. The lowest BCUT2D eigenvalue weighted by molar-refractivity contribution is 0.280. The van der Waals surface area contributed by atoms with E-state index in [-0.39, 0.29) is 19.0 Å². The van der Waals surface area contributed by atoms with Gasteiger partial charge in [0.2, 0.25) is 0 Å². The molecule has 0 saturated carbocycles. The van der Waals surface area contributed by atoms with E-state index in [2.05, 4.69) is 31.9 Å². The molecule has 1 N–H and O–H groups in total. The molecule has 0 aliphatic rings. The summed E-state index contributed by atoms with van der Waals surface area (Å²) in [4.78, 5) is 0. The van der Waals surface area contributed by atoms with E-state index in [0.29, 0.717) is 10.2 Å². The van der Waals surface area contributed by atoms with E-state index in [9.17, 15) is 4.39 Å². The minimum absolute atomic E-state index is 0.0181. The first-order valence-electron chi connectivity index (χ1n) is 5.55. The third-order valence-corrected chi connectivity index (χ3v) is 3.57. The van der Waals surface area contributed by atoms with Gasteiger partial charge in [-0.2, -0.15) is 0 Å². The van der Waals surface area contributed by atoms with Crippen molar-refractivity contribution in [2.75, 3.05) is 0 Å². The molecule has 0 bridgehead atoms. The van der Waals surface area contributed by atoms with Gasteiger partial charge in [0.05, 0.1) is 11.1 Å². The molecular weight excluding hydrogens is 379 g/mol. The highest BCUT2D eigenvalue weighted by Crippen LogP contribution is 2.27. The number of hydrogen-bond acceptors (Lipinski definition) is 2. The molecule has 0 heterocycles. The standard InChI is InChI=1S/C14H11Br2FO2/c15-11-3-10(4-12(17)6-11)8-19-14-2-1-9(7-18)5-13(14)16/h1-6,18H,7-8H2. The average molecular weight is 390 g/mol. The predicted octanol–water partition coefficient (Wildman–Crippen LogP) is 4.42. The Morgan fingerprint density at radius 3 is 2.47 bits per heavy atom. The average Bonchev–Trinajstić information content (AvgIpc) is 2.36. The smallest absolute Gasteiger partial charge is 0.134 e. The Morgan fingerprint density at radius 1 is 1.05 bits per heavy atom. The Hall–Kier alpha value is -0.910. The van der Waals surface area contributed by atoms with Crippen molar-refractivity contribution in [3.8, 4) is 5.75 Å². The van der Waals surface area contributed by atoms with E-state index in [1.807, 2.05) is 0 Å². The molecule has 2 nitrogen and oxygen atoms in total. The van der Waals surface area contributed by atoms with Crippen LogP contribution < -0.4 is 4.74 Å². The van der Waals surface area contributed by atoms with Crippen molar-refractivity contribution in [3.05, 3.63) is 62.3 Å². The molecular formula is C14H11Br2FO2. The van der Waals surface area contributed by atoms with Crippen LogP contribution >= 0.6 is 31.9 Å². The van der Waals surface area contributed by atoms with Gasteiger partial charge in [0.15, 0.2) is 0 Å². The van der Waals surface area contributed by atoms with Gasteiger partial charge < -0.3 is 9.84 Å². The molecule has 0 spiro atoms. The van der Waals surface area contributed by atoms with Crippen molar-refractivity contribution in [3.63, 3.8) is 0 Å². The van der Waals surface area contributed by atoms with E-state index < -0.39 is 0 Å². The van der Waals surface area contributed by atoms with Crippen molar-refractivity contribution in [2.24, 2.45) is 0 Å². The summed E-state index contributed by atoms with van der Waals surface area (Å²) in [5.74, 6) is 0.347. The van der Waals surface area contributed by atoms with Gasteiger partial charge in [-0.15, -0.1) is 0 Å². The number of ether oxygens (including phenoxy) is 1. The lowest BCUT2D eigenvalue weighted by Crippen LogP contribution is -1.97. The lowest BCUT2D eigenvalue weighted by atomic mass is 10.2. The first-order chi connectivity index (χ1) is 9.08. The SMILES string of the molecule is OCc1ccc(OCc2cc(F)cc(Br)c2)c(Br)c1. The number of benzene rings is 2. The van der Waals surface area contributed by atoms with Crippen LogP contribution in [0.25, 0.3) is 0 Å². The quantitative estimate of drug-likeness (QED) is 0.838. The van der Waals surface area contributed by atoms with Crippen molar-refractivity contribution in [2.45, 2.75) is 13.2 Å². The maximum atomic E-state index is 13.2. The summed E-state index contributed by atoms with van der Waals surface area (Å²) in [7, 11) is 0. The van der Waals surface area contributed by atoms with E-state index >= 15 is 0 Å². The molecule has 2 rings (SSSR count). The van der Waals surface area contributed by atoms with Gasteiger partial charge in [0.1, 0.15) is 18.2 Å². The van der Waals surface area contributed by atoms with E-state index in [0.717, 1.165) is 15.6 Å². The van der Waals surface area contributed by atoms with Crippen LogP contribution in [0.5, 0.6) is 5.75 Å². The van der Waals surface area contributed by atoms with Crippen LogP contribution in [0.3, 0.4) is 0 Å². The summed E-state index contributed by atoms with van der Waals surface area (Å²) in [6.45, 7) is 0.253. The molecule has 0 atom stereocenters. The Kier molecular flexibility index (Phi) is 4.96. The van der Waals surface area contributed by atoms with Gasteiger partial charge in [0.25, 0.3) is 0 Å². The number of aliphatic hydroxyl groups excluding tert-OH is 1. The molecule has 2 aromatic carbocycles. The van der Waals surface area contributed by atoms with Gasteiger partial charge in [-0.1, -0.05) is 22.0 Å². The lowest BCUT2D eigenvalue weighted by Gasteiger charge is -2.09. The fourth-order valence-electron chi connectivity index (χ4n) is 1.62. The zero-order valence-electron chi connectivity index (χ0n) is 9.87. The monoisotopic (exact) mass is 388 g/mol. The van der Waals surface area contributed by atoms with Gasteiger partial charge >= 0.3 is 0 Å². The molecule has 2 aromatic rings. The number of hydrogen-bond donors (Lipinski definition) is 1. The fraction of sp³-hybridized carbons (Fsp3) is 0.143. The van der Waals surface area contributed by atoms with Crippen LogP contribution in [0.15, 0.2) is 45.3 Å². The third-order valence-electron chi connectivity index (χ3n) is 2.50. The van der Waals surface area contributed by atoms with Crippen molar-refractivity contribution >= 4 is 31.9 Å². The minimum atomic E-state index is -0.303. The fourth-order valence-corrected chi connectivity index (χ4v) is 2.67. The second-order valence-electron chi connectivity index (χ2n) is 3.99. The summed E-state index contributed by atoms with van der Waals surface area (Å²) in [6.07, 6.45) is 0. The molecule has 0 aliphatic carbocycles. The summed E-state index contributed by atoms with van der Waals surface area (Å²) in [6, 6.07) is 9.97. The minimum Gasteiger partial charge on any atom is -0.488 e. The van der Waals surface area contributed by atoms with Crippen LogP contribution in [0, 0.1) is 5.82 Å². The Bertz CT molecular complexity index is 567. The zero-order chi connectivity index (χ0) is 13.8. The van der Waals surface area contributed by atoms with Crippen LogP contribution in [-0.2, 0) is 13.2 Å². The van der Waals surface area contributed by atoms with Crippen molar-refractivity contribution in [1.82, 2.24) is 0 Å². The molecule has 0 unspecified atom stereocenters. The second kappa shape index (κ2) is 6.50. The van der Waals surface area contributed by atoms with E-state index in [4.69, 9.17) is 9.84 Å². The Balaban J connectivity index is 2.10. The van der Waals surface area contributed by atoms with Crippen LogP contribution in [0.2, 0.25) is 0 Å². The highest BCUT2D eigenvalue weighted by Gasteiger charge is 2.04. The van der Waals surface area contributed by atoms with Gasteiger partial charge in [-0.05, 0) is 57.4 Å². The number of rotatable bonds is 4. The predicted molar refractivity (Wildman–Crippen MR) is 78.5 cm³/mol. The maximum Gasteiger partial charge on any atom is 0.134 e. The second-order valence-corrected chi connectivity index (χ2v) is 5.76. The summed E-state index contributed by atoms with van der Waals surface area (Å²) >= 11 is 6.61. The molecule has 100 valence electrons. The number of halogens is 3. The largest absolute Gasteiger partial charge is 0.488 e.